The van der Waals surface area contributed by atoms with E-state index in [1.165, 1.54) is 0 Å². The fourth-order valence-electron chi connectivity index (χ4n) is 2.25. The standard InChI is InChI=1S/C14H18ClN3O/c1-4-10-6-5-7-16-13(10)12(19)8-11-9(2)17-18(3)14(11)15/h5-7,12,19H,4,8H2,1-3H3. The number of nitrogens with zero attached hydrogens (tertiary/aromatic N) is 3. The Labute approximate surface area is 118 Å². The fraction of sp³-hybridized carbons (Fsp3) is 0.429. The van der Waals surface area contributed by atoms with E-state index >= 15 is 0 Å². The van der Waals surface area contributed by atoms with E-state index in [0.29, 0.717) is 11.6 Å². The monoisotopic (exact) mass is 279 g/mol. The Kier molecular flexibility index (Phi) is 4.22. The SMILES string of the molecule is CCc1cccnc1C(O)Cc1c(C)nn(C)c1Cl. The molecule has 19 heavy (non-hydrogen) atoms. The molecular weight excluding hydrogens is 262 g/mol. The molecule has 4 nitrogen and oxygen atoms in total. The number of hydrogen-bond acceptors (Lipinski definition) is 3. The summed E-state index contributed by atoms with van der Waals surface area (Å²) in [6.45, 7) is 3.95. The third-order valence-electron chi connectivity index (χ3n) is 3.29. The van der Waals surface area contributed by atoms with Gasteiger partial charge in [-0.2, -0.15) is 5.10 Å². The lowest BCUT2D eigenvalue weighted by Crippen LogP contribution is -2.08. The summed E-state index contributed by atoms with van der Waals surface area (Å²) in [6.07, 6.45) is 2.33. The summed E-state index contributed by atoms with van der Waals surface area (Å²) in [7, 11) is 1.80. The summed E-state index contributed by atoms with van der Waals surface area (Å²) >= 11 is 6.19. The van der Waals surface area contributed by atoms with Gasteiger partial charge in [0.15, 0.2) is 0 Å². The van der Waals surface area contributed by atoms with Crippen molar-refractivity contribution in [3.8, 4) is 0 Å². The quantitative estimate of drug-likeness (QED) is 0.936. The van der Waals surface area contributed by atoms with E-state index in [4.69, 9.17) is 11.6 Å². The normalized spacial score (nSPS) is 12.7. The minimum Gasteiger partial charge on any atom is -0.386 e. The zero-order valence-electron chi connectivity index (χ0n) is 11.4. The molecule has 0 saturated heterocycles. The van der Waals surface area contributed by atoms with Gasteiger partial charge in [-0.25, -0.2) is 0 Å². The first-order valence-electron chi connectivity index (χ1n) is 6.34. The van der Waals surface area contributed by atoms with Gasteiger partial charge in [-0.3, -0.25) is 9.67 Å². The fourth-order valence-corrected chi connectivity index (χ4v) is 2.50. The van der Waals surface area contributed by atoms with Crippen LogP contribution in [-0.4, -0.2) is 19.9 Å². The predicted octanol–water partition coefficient (Wildman–Crippen LogP) is 2.62. The van der Waals surface area contributed by atoms with Gasteiger partial charge in [-0.1, -0.05) is 24.6 Å². The van der Waals surface area contributed by atoms with E-state index in [1.54, 1.807) is 17.9 Å². The first kappa shape index (κ1) is 14.0. The van der Waals surface area contributed by atoms with Gasteiger partial charge in [0.05, 0.1) is 11.4 Å². The maximum absolute atomic E-state index is 10.4. The van der Waals surface area contributed by atoms with Crippen molar-refractivity contribution in [1.29, 1.82) is 0 Å². The molecule has 2 aromatic heterocycles. The number of aliphatic hydroxyl groups excluding tert-OH is 1. The van der Waals surface area contributed by atoms with Crippen LogP contribution in [0.2, 0.25) is 5.15 Å². The molecule has 0 saturated carbocycles. The molecule has 1 atom stereocenters. The van der Waals surface area contributed by atoms with Gasteiger partial charge in [-0.05, 0) is 25.0 Å². The van der Waals surface area contributed by atoms with E-state index in [0.717, 1.165) is 28.9 Å². The Balaban J connectivity index is 2.28. The van der Waals surface area contributed by atoms with Crippen LogP contribution in [0.4, 0.5) is 0 Å². The second-order valence-electron chi connectivity index (χ2n) is 4.60. The molecule has 2 rings (SSSR count). The zero-order chi connectivity index (χ0) is 14.0. The van der Waals surface area contributed by atoms with Crippen molar-refractivity contribution in [1.82, 2.24) is 14.8 Å². The van der Waals surface area contributed by atoms with Crippen LogP contribution < -0.4 is 0 Å². The molecule has 0 aliphatic rings. The Hall–Kier alpha value is -1.39. The number of aliphatic hydroxyl groups is 1. The Morgan fingerprint density at radius 2 is 2.21 bits per heavy atom. The molecule has 0 aliphatic carbocycles. The van der Waals surface area contributed by atoms with E-state index in [-0.39, 0.29) is 0 Å². The van der Waals surface area contributed by atoms with Crippen LogP contribution in [0.3, 0.4) is 0 Å². The molecule has 102 valence electrons. The summed E-state index contributed by atoms with van der Waals surface area (Å²) < 4.78 is 1.62. The Morgan fingerprint density at radius 3 is 2.79 bits per heavy atom. The molecule has 0 fully saturated rings. The van der Waals surface area contributed by atoms with Gasteiger partial charge >= 0.3 is 0 Å². The van der Waals surface area contributed by atoms with Crippen LogP contribution in [0.1, 0.15) is 35.5 Å². The van der Waals surface area contributed by atoms with Crippen LogP contribution in [0.25, 0.3) is 0 Å². The minimum atomic E-state index is -0.656. The lowest BCUT2D eigenvalue weighted by atomic mass is 10.0. The third-order valence-corrected chi connectivity index (χ3v) is 3.76. The topological polar surface area (TPSA) is 50.9 Å². The molecule has 5 heteroatoms. The highest BCUT2D eigenvalue weighted by Gasteiger charge is 2.19. The predicted molar refractivity (Wildman–Crippen MR) is 75.2 cm³/mol. The van der Waals surface area contributed by atoms with Gasteiger partial charge in [0.2, 0.25) is 0 Å². The molecule has 0 bridgehead atoms. The third kappa shape index (κ3) is 2.80. The molecule has 2 heterocycles. The van der Waals surface area contributed by atoms with Crippen molar-refractivity contribution in [2.24, 2.45) is 7.05 Å². The number of hydrogen-bond donors (Lipinski definition) is 1. The van der Waals surface area contributed by atoms with Crippen LogP contribution in [0.15, 0.2) is 18.3 Å². The van der Waals surface area contributed by atoms with Gasteiger partial charge in [0.25, 0.3) is 0 Å². The van der Waals surface area contributed by atoms with Crippen molar-refractivity contribution in [2.75, 3.05) is 0 Å². The van der Waals surface area contributed by atoms with Crippen LogP contribution in [0, 0.1) is 6.92 Å². The largest absolute Gasteiger partial charge is 0.386 e. The molecule has 0 spiro atoms. The summed E-state index contributed by atoms with van der Waals surface area (Å²) in [6, 6.07) is 3.88. The summed E-state index contributed by atoms with van der Waals surface area (Å²) in [5.74, 6) is 0. The molecule has 0 aliphatic heterocycles. The smallest absolute Gasteiger partial charge is 0.130 e. The minimum absolute atomic E-state index is 0.433. The van der Waals surface area contributed by atoms with Crippen molar-refractivity contribution >= 4 is 11.6 Å². The molecular formula is C14H18ClN3O. The van der Waals surface area contributed by atoms with Crippen LogP contribution >= 0.6 is 11.6 Å². The van der Waals surface area contributed by atoms with Gasteiger partial charge < -0.3 is 5.11 Å². The highest BCUT2D eigenvalue weighted by Crippen LogP contribution is 2.26. The highest BCUT2D eigenvalue weighted by atomic mass is 35.5. The first-order chi connectivity index (χ1) is 9.04. The van der Waals surface area contributed by atoms with Gasteiger partial charge in [-0.15, -0.1) is 0 Å². The average molecular weight is 280 g/mol. The number of rotatable bonds is 4. The lowest BCUT2D eigenvalue weighted by molar-refractivity contribution is 0.172. The van der Waals surface area contributed by atoms with E-state index in [1.807, 2.05) is 19.1 Å². The maximum Gasteiger partial charge on any atom is 0.130 e. The summed E-state index contributed by atoms with van der Waals surface area (Å²) in [5, 5.41) is 15.2. The molecule has 0 radical (unpaired) electrons. The summed E-state index contributed by atoms with van der Waals surface area (Å²) in [4.78, 5) is 4.29. The number of pyridine rings is 1. The van der Waals surface area contributed by atoms with Crippen molar-refractivity contribution < 1.29 is 5.11 Å². The highest BCUT2D eigenvalue weighted by molar-refractivity contribution is 6.30. The molecule has 0 amide bonds. The zero-order valence-corrected chi connectivity index (χ0v) is 12.1. The van der Waals surface area contributed by atoms with Crippen molar-refractivity contribution in [3.05, 3.63) is 46.0 Å². The second kappa shape index (κ2) is 5.72. The number of halogens is 1. The van der Waals surface area contributed by atoms with Crippen LogP contribution in [0.5, 0.6) is 0 Å². The second-order valence-corrected chi connectivity index (χ2v) is 4.96. The average Bonchev–Trinajstić information content (AvgIpc) is 2.65. The summed E-state index contributed by atoms with van der Waals surface area (Å²) in [5.41, 5.74) is 3.52. The molecule has 0 aromatic carbocycles. The molecule has 2 aromatic rings. The Morgan fingerprint density at radius 1 is 1.47 bits per heavy atom. The first-order valence-corrected chi connectivity index (χ1v) is 6.72. The van der Waals surface area contributed by atoms with Crippen molar-refractivity contribution in [3.63, 3.8) is 0 Å². The van der Waals surface area contributed by atoms with E-state index in [2.05, 4.69) is 17.0 Å². The van der Waals surface area contributed by atoms with Crippen molar-refractivity contribution in [2.45, 2.75) is 32.8 Å². The number of aryl methyl sites for hydroxylation is 3. The van der Waals surface area contributed by atoms with E-state index < -0.39 is 6.10 Å². The lowest BCUT2D eigenvalue weighted by Gasteiger charge is -2.13. The Bertz CT molecular complexity index is 580. The molecule has 1 unspecified atom stereocenters. The van der Waals surface area contributed by atoms with Gasteiger partial charge in [0.1, 0.15) is 11.3 Å². The molecule has 1 N–H and O–H groups in total. The maximum atomic E-state index is 10.4. The van der Waals surface area contributed by atoms with Crippen LogP contribution in [-0.2, 0) is 19.9 Å². The van der Waals surface area contributed by atoms with E-state index in [9.17, 15) is 5.11 Å². The van der Waals surface area contributed by atoms with Gasteiger partial charge in [0, 0.05) is 25.2 Å². The number of aromatic nitrogens is 3.